The van der Waals surface area contributed by atoms with Crippen LogP contribution in [0.3, 0.4) is 0 Å². The van der Waals surface area contributed by atoms with E-state index >= 15 is 0 Å². The van der Waals surface area contributed by atoms with Crippen molar-refractivity contribution in [3.05, 3.63) is 105 Å². The summed E-state index contributed by atoms with van der Waals surface area (Å²) < 4.78 is 0. The molecule has 0 spiro atoms. The standard InChI is InChI=1S/C20H15Cl2N3O3/c21-16-7-1-13(2-8-16)19(14-3-9-17(22)10-4-14)23-24-20(26)15-5-11-18(12-6-15)25(27)28/h1-12,25,27H,(H,24,26). The number of halogens is 2. The topological polar surface area (TPSA) is 89.2 Å². The number of carbonyl (C=O) groups is 1. The number of benzene rings is 3. The van der Waals surface area contributed by atoms with Crippen molar-refractivity contribution in [3.8, 4) is 0 Å². The molecule has 3 aromatic carbocycles. The van der Waals surface area contributed by atoms with Gasteiger partial charge in [0.05, 0.1) is 5.71 Å². The minimum atomic E-state index is -1.06. The molecule has 0 aliphatic heterocycles. The van der Waals surface area contributed by atoms with Crippen molar-refractivity contribution < 1.29 is 15.2 Å². The second kappa shape index (κ2) is 8.97. The van der Waals surface area contributed by atoms with E-state index in [2.05, 4.69) is 10.5 Å². The summed E-state index contributed by atoms with van der Waals surface area (Å²) in [6, 6.07) is 19.7. The van der Waals surface area contributed by atoms with Gasteiger partial charge in [-0.15, -0.1) is 0 Å². The Morgan fingerprint density at radius 1 is 0.821 bits per heavy atom. The number of hydrogen-bond donors (Lipinski definition) is 3. The molecule has 0 bridgehead atoms. The molecule has 1 atom stereocenters. The maximum Gasteiger partial charge on any atom is 0.271 e. The molecule has 0 heterocycles. The van der Waals surface area contributed by atoms with Gasteiger partial charge in [-0.05, 0) is 36.4 Å². The van der Waals surface area contributed by atoms with Gasteiger partial charge >= 0.3 is 0 Å². The molecular weight excluding hydrogens is 401 g/mol. The highest BCUT2D eigenvalue weighted by Gasteiger charge is 2.11. The largest absolute Gasteiger partial charge is 0.595 e. The van der Waals surface area contributed by atoms with Crippen LogP contribution >= 0.6 is 23.2 Å². The fraction of sp³-hybridized carbons (Fsp3) is 0. The molecule has 0 aliphatic carbocycles. The van der Waals surface area contributed by atoms with E-state index in [0.29, 0.717) is 21.3 Å². The molecule has 142 valence electrons. The highest BCUT2D eigenvalue weighted by Crippen LogP contribution is 2.17. The van der Waals surface area contributed by atoms with Crippen molar-refractivity contribution in [1.82, 2.24) is 5.43 Å². The molecular formula is C20H15Cl2N3O3. The summed E-state index contributed by atoms with van der Waals surface area (Å²) in [6.45, 7) is 0. The van der Waals surface area contributed by atoms with Gasteiger partial charge in [-0.25, -0.2) is 10.6 Å². The van der Waals surface area contributed by atoms with E-state index in [9.17, 15) is 10.0 Å². The normalized spacial score (nSPS) is 11.6. The van der Waals surface area contributed by atoms with Gasteiger partial charge in [-0.1, -0.05) is 47.5 Å². The molecule has 3 rings (SSSR count). The Hall–Kier alpha value is -2.74. The van der Waals surface area contributed by atoms with E-state index in [-0.39, 0.29) is 5.69 Å². The Kier molecular flexibility index (Phi) is 6.41. The minimum Gasteiger partial charge on any atom is -0.595 e. The van der Waals surface area contributed by atoms with Crippen LogP contribution in [-0.4, -0.2) is 16.8 Å². The van der Waals surface area contributed by atoms with Gasteiger partial charge in [-0.3, -0.25) is 4.79 Å². The molecule has 0 radical (unpaired) electrons. The Morgan fingerprint density at radius 3 is 1.68 bits per heavy atom. The highest BCUT2D eigenvalue weighted by atomic mass is 35.5. The lowest BCUT2D eigenvalue weighted by Gasteiger charge is -2.11. The third-order valence-corrected chi connectivity index (χ3v) is 4.40. The smallest absolute Gasteiger partial charge is 0.271 e. The summed E-state index contributed by atoms with van der Waals surface area (Å²) in [6.07, 6.45) is 0. The SMILES string of the molecule is O=C(NN=C(c1ccc(Cl)cc1)c1ccc(Cl)cc1)c1ccc([NH+]([O-])O)cc1. The van der Waals surface area contributed by atoms with Crippen molar-refractivity contribution in [2.45, 2.75) is 0 Å². The van der Waals surface area contributed by atoms with E-state index < -0.39 is 11.1 Å². The zero-order valence-corrected chi connectivity index (χ0v) is 15.9. The fourth-order valence-corrected chi connectivity index (χ4v) is 2.70. The maximum atomic E-state index is 12.4. The average molecular weight is 416 g/mol. The third kappa shape index (κ3) is 4.95. The second-order valence-electron chi connectivity index (χ2n) is 5.80. The number of amides is 1. The Balaban J connectivity index is 1.89. The lowest BCUT2D eigenvalue weighted by Crippen LogP contribution is -2.99. The molecule has 3 aromatic rings. The molecule has 6 nitrogen and oxygen atoms in total. The molecule has 0 saturated heterocycles. The maximum absolute atomic E-state index is 12.4. The van der Waals surface area contributed by atoms with Crippen molar-refractivity contribution in [3.63, 3.8) is 0 Å². The van der Waals surface area contributed by atoms with Crippen LogP contribution in [0.25, 0.3) is 0 Å². The molecule has 0 fully saturated rings. The van der Waals surface area contributed by atoms with E-state index in [4.69, 9.17) is 28.4 Å². The fourth-order valence-electron chi connectivity index (χ4n) is 2.45. The summed E-state index contributed by atoms with van der Waals surface area (Å²) in [5, 5.41) is 24.2. The van der Waals surface area contributed by atoms with Gasteiger partial charge in [0.1, 0.15) is 0 Å². The number of nitrogens with one attached hydrogen (secondary N) is 2. The van der Waals surface area contributed by atoms with Crippen LogP contribution < -0.4 is 10.7 Å². The molecule has 3 N–H and O–H groups in total. The van der Waals surface area contributed by atoms with Crippen molar-refractivity contribution in [2.75, 3.05) is 0 Å². The van der Waals surface area contributed by atoms with Crippen LogP contribution in [0.1, 0.15) is 21.5 Å². The van der Waals surface area contributed by atoms with E-state index in [1.165, 1.54) is 24.3 Å². The minimum absolute atomic E-state index is 0.100. The lowest BCUT2D eigenvalue weighted by atomic mass is 10.0. The van der Waals surface area contributed by atoms with Gasteiger partial charge in [0.2, 0.25) is 0 Å². The Morgan fingerprint density at radius 2 is 1.25 bits per heavy atom. The highest BCUT2D eigenvalue weighted by molar-refractivity contribution is 6.31. The quantitative estimate of drug-likeness (QED) is 0.439. The summed E-state index contributed by atoms with van der Waals surface area (Å²) in [7, 11) is 0. The monoisotopic (exact) mass is 415 g/mol. The number of rotatable bonds is 5. The second-order valence-corrected chi connectivity index (χ2v) is 6.67. The number of nitrogens with zero attached hydrogens (tertiary/aromatic N) is 1. The molecule has 8 heteroatoms. The first-order valence-corrected chi connectivity index (χ1v) is 8.93. The summed E-state index contributed by atoms with van der Waals surface area (Å²) in [4.78, 5) is 12.4. The van der Waals surface area contributed by atoms with Gasteiger partial charge in [0.25, 0.3) is 5.91 Å². The molecule has 0 aliphatic rings. The van der Waals surface area contributed by atoms with Gasteiger partial charge in [0, 0.05) is 38.9 Å². The lowest BCUT2D eigenvalue weighted by molar-refractivity contribution is -0.991. The van der Waals surface area contributed by atoms with Crippen LogP contribution in [0.5, 0.6) is 0 Å². The van der Waals surface area contributed by atoms with Gasteiger partial charge in [-0.2, -0.15) is 10.3 Å². The van der Waals surface area contributed by atoms with E-state index in [1.807, 2.05) is 0 Å². The number of carbonyl (C=O) groups excluding carboxylic acids is 1. The summed E-state index contributed by atoms with van der Waals surface area (Å²) >= 11 is 11.9. The molecule has 0 saturated carbocycles. The predicted molar refractivity (Wildman–Crippen MR) is 108 cm³/mol. The first kappa shape index (κ1) is 20.0. The van der Waals surface area contributed by atoms with Gasteiger partial charge < -0.3 is 5.21 Å². The first-order valence-electron chi connectivity index (χ1n) is 8.17. The Labute approximate surface area is 171 Å². The van der Waals surface area contributed by atoms with Crippen LogP contribution in [0.2, 0.25) is 10.0 Å². The number of quaternary nitrogens is 1. The van der Waals surface area contributed by atoms with Crippen LogP contribution in [-0.2, 0) is 0 Å². The zero-order valence-electron chi connectivity index (χ0n) is 14.4. The third-order valence-electron chi connectivity index (χ3n) is 3.90. The van der Waals surface area contributed by atoms with E-state index in [0.717, 1.165) is 11.1 Å². The summed E-state index contributed by atoms with van der Waals surface area (Å²) in [5.74, 6) is -0.461. The van der Waals surface area contributed by atoms with E-state index in [1.54, 1.807) is 48.5 Å². The predicted octanol–water partition coefficient (Wildman–Crippen LogP) is 3.58. The molecule has 1 amide bonds. The average Bonchev–Trinajstić information content (AvgIpc) is 2.70. The molecule has 1 unspecified atom stereocenters. The number of hydrazone groups is 1. The molecule has 28 heavy (non-hydrogen) atoms. The van der Waals surface area contributed by atoms with Crippen LogP contribution in [0.15, 0.2) is 77.9 Å². The van der Waals surface area contributed by atoms with Crippen LogP contribution in [0, 0.1) is 5.21 Å². The Bertz CT molecular complexity index is 939. The number of hydrogen-bond acceptors (Lipinski definition) is 4. The van der Waals surface area contributed by atoms with Crippen molar-refractivity contribution >= 4 is 40.5 Å². The van der Waals surface area contributed by atoms with Crippen molar-refractivity contribution in [1.29, 1.82) is 0 Å². The zero-order chi connectivity index (χ0) is 20.1. The van der Waals surface area contributed by atoms with Crippen molar-refractivity contribution in [2.24, 2.45) is 5.10 Å². The first-order chi connectivity index (χ1) is 13.4. The molecule has 0 aromatic heterocycles. The summed E-state index contributed by atoms with van der Waals surface area (Å²) in [5.41, 5.74) is 4.95. The van der Waals surface area contributed by atoms with Crippen LogP contribution in [0.4, 0.5) is 5.69 Å². The van der Waals surface area contributed by atoms with Gasteiger partial charge in [0.15, 0.2) is 5.69 Å².